The van der Waals surface area contributed by atoms with Crippen molar-refractivity contribution in [3.05, 3.63) is 182 Å². The molecular weight excluding hydrogens is 593 g/mol. The lowest BCUT2D eigenvalue weighted by Gasteiger charge is -2.18. The second-order valence-electron chi connectivity index (χ2n) is 11.4. The van der Waals surface area contributed by atoms with Crippen molar-refractivity contribution in [3.8, 4) is 44.5 Å². The van der Waals surface area contributed by atoms with Gasteiger partial charge < -0.3 is 4.42 Å². The Morgan fingerprint density at radius 2 is 0.918 bits per heavy atom. The summed E-state index contributed by atoms with van der Waals surface area (Å²) in [5.74, 6) is 0. The minimum absolute atomic E-state index is 0.0442. The summed E-state index contributed by atoms with van der Waals surface area (Å²) in [6.45, 7) is 0. The highest BCUT2D eigenvalue weighted by Crippen LogP contribution is 2.46. The Labute approximate surface area is 311 Å². The maximum Gasteiger partial charge on any atom is 0.143 e. The van der Waals surface area contributed by atoms with Crippen LogP contribution in [0.25, 0.3) is 98.8 Å². The molecule has 1 aromatic heterocycles. The Bertz CT molecular complexity index is 3850. The molecule has 0 fully saturated rings. The molecule has 0 aliphatic rings. The quantitative estimate of drug-likeness (QED) is 0.174. The summed E-state index contributed by atoms with van der Waals surface area (Å²) in [7, 11) is 0. The number of fused-ring (bicyclic) bond motifs is 7. The molecule has 10 rings (SSSR count). The highest BCUT2D eigenvalue weighted by atomic mass is 16.3. The van der Waals surface area contributed by atoms with Crippen LogP contribution in [-0.4, -0.2) is 0 Å². The molecule has 0 bridgehead atoms. The summed E-state index contributed by atoms with van der Waals surface area (Å²) >= 11 is 0. The molecule has 0 aliphatic heterocycles. The Kier molecular flexibility index (Phi) is 3.34. The number of hydrogen-bond acceptors (Lipinski definition) is 1. The predicted molar refractivity (Wildman–Crippen MR) is 208 cm³/mol. The summed E-state index contributed by atoms with van der Waals surface area (Å²) in [4.78, 5) is 0. The van der Waals surface area contributed by atoms with E-state index < -0.39 is 131 Å². The van der Waals surface area contributed by atoms with E-state index >= 15 is 0 Å². The molecule has 1 heterocycles. The molecule has 0 radical (unpaired) electrons. The zero-order valence-electron chi connectivity index (χ0n) is 44.3. The smallest absolute Gasteiger partial charge is 0.143 e. The fourth-order valence-corrected chi connectivity index (χ4v) is 6.65. The molecule has 1 nitrogen and oxygen atoms in total. The van der Waals surface area contributed by atoms with Gasteiger partial charge in [-0.2, -0.15) is 0 Å². The first-order valence-corrected chi connectivity index (χ1v) is 15.3. The molecule has 0 atom stereocenters. The molecule has 1 heteroatoms. The van der Waals surface area contributed by atoms with Crippen LogP contribution < -0.4 is 0 Å². The molecule has 0 amide bonds. The summed E-state index contributed by atoms with van der Waals surface area (Å²) in [6, 6.07) is 7.30. The van der Waals surface area contributed by atoms with Crippen molar-refractivity contribution in [2.45, 2.75) is 0 Å². The van der Waals surface area contributed by atoms with Gasteiger partial charge in [-0.3, -0.25) is 0 Å². The van der Waals surface area contributed by atoms with Crippen LogP contribution >= 0.6 is 0 Å². The Hall–Kier alpha value is -6.44. The van der Waals surface area contributed by atoms with Gasteiger partial charge in [-0.05, 0) is 95.7 Å². The van der Waals surface area contributed by atoms with Crippen molar-refractivity contribution >= 4 is 54.3 Å². The van der Waals surface area contributed by atoms with Gasteiger partial charge in [-0.1, -0.05) is 157 Å². The summed E-state index contributed by atoms with van der Waals surface area (Å²) in [5.41, 5.74) is -0.123. The molecule has 0 spiro atoms. The topological polar surface area (TPSA) is 13.1 Å². The highest BCUT2D eigenvalue weighted by molar-refractivity contribution is 6.23. The van der Waals surface area contributed by atoms with Crippen molar-refractivity contribution in [1.29, 1.82) is 0 Å². The Balaban J connectivity index is 1.32. The second kappa shape index (κ2) is 11.1. The van der Waals surface area contributed by atoms with Gasteiger partial charge in [0.15, 0.2) is 0 Å². The molecular formula is C48H30O. The summed E-state index contributed by atoms with van der Waals surface area (Å²) in [6.07, 6.45) is 0. The highest BCUT2D eigenvalue weighted by Gasteiger charge is 2.19. The number of hydrogen-bond donors (Lipinski definition) is 0. The lowest BCUT2D eigenvalue weighted by Crippen LogP contribution is -1.91. The molecule has 0 saturated heterocycles. The van der Waals surface area contributed by atoms with Gasteiger partial charge in [0.05, 0.1) is 26.0 Å². The molecule has 49 heavy (non-hydrogen) atoms. The van der Waals surface area contributed by atoms with Crippen molar-refractivity contribution in [3.63, 3.8) is 0 Å². The van der Waals surface area contributed by atoms with Gasteiger partial charge in [-0.25, -0.2) is 0 Å². The monoisotopic (exact) mass is 641 g/mol. The van der Waals surface area contributed by atoms with E-state index in [-0.39, 0.29) is 43.8 Å². The van der Waals surface area contributed by atoms with E-state index in [0.717, 1.165) is 0 Å². The van der Waals surface area contributed by atoms with E-state index in [9.17, 15) is 4.11 Å². The third-order valence-electron chi connectivity index (χ3n) is 8.70. The van der Waals surface area contributed by atoms with E-state index in [1.807, 2.05) is 0 Å². The Morgan fingerprint density at radius 1 is 0.367 bits per heavy atom. The number of furan rings is 1. The SMILES string of the molecule is [2H]c1c([2H])c([2H])c(-c2c([2H])c([2H])c([2H])c(-c3c4ccccc4c(-c4ccc5oc6c7c([2H])c([2H])c([2H])c([2H])c7c(-c7c([2H])c([2H])c([2H])c([2H])c7[2H])c([2H])c6c5c4)c4ccccc34)c2[2H])c([2H])c1[2H]. The van der Waals surface area contributed by atoms with E-state index in [2.05, 4.69) is 0 Å². The van der Waals surface area contributed by atoms with Crippen molar-refractivity contribution < 1.29 is 30.5 Å². The molecule has 0 N–H and O–H groups in total. The maximum absolute atomic E-state index is 9.74. The third-order valence-corrected chi connectivity index (χ3v) is 8.70. The lowest BCUT2D eigenvalue weighted by molar-refractivity contribution is 0.673. The molecule has 0 unspecified atom stereocenters. The van der Waals surface area contributed by atoms with Crippen LogP contribution in [0.3, 0.4) is 0 Å². The van der Waals surface area contributed by atoms with Crippen molar-refractivity contribution in [2.75, 3.05) is 0 Å². The molecule has 228 valence electrons. The zero-order chi connectivity index (χ0) is 48.8. The lowest BCUT2D eigenvalue weighted by atomic mass is 9.85. The van der Waals surface area contributed by atoms with E-state index in [1.165, 1.54) is 0 Å². The number of rotatable bonds is 4. The van der Waals surface area contributed by atoms with Gasteiger partial charge >= 0.3 is 0 Å². The van der Waals surface area contributed by atoms with E-state index in [0.29, 0.717) is 38.2 Å². The summed E-state index contributed by atoms with van der Waals surface area (Å²) < 4.78 is 173. The van der Waals surface area contributed by atoms with Gasteiger partial charge in [-0.15, -0.1) is 0 Å². The minimum Gasteiger partial charge on any atom is -0.455 e. The second-order valence-corrected chi connectivity index (χ2v) is 11.4. The van der Waals surface area contributed by atoms with Crippen molar-refractivity contribution in [1.82, 2.24) is 0 Å². The van der Waals surface area contributed by atoms with Crippen LogP contribution in [0.15, 0.2) is 186 Å². The van der Waals surface area contributed by atoms with Crippen LogP contribution in [0.5, 0.6) is 0 Å². The van der Waals surface area contributed by atoms with Crippen LogP contribution in [0.1, 0.15) is 26.0 Å². The fourth-order valence-electron chi connectivity index (χ4n) is 6.65. The normalized spacial score (nSPS) is 17.1. The first-order valence-electron chi connectivity index (χ1n) is 24.8. The molecule has 9 aromatic carbocycles. The fraction of sp³-hybridized carbons (Fsp3) is 0. The minimum atomic E-state index is -0.703. The zero-order valence-corrected chi connectivity index (χ0v) is 25.3. The third kappa shape index (κ3) is 4.40. The van der Waals surface area contributed by atoms with Gasteiger partial charge in [0.2, 0.25) is 0 Å². The van der Waals surface area contributed by atoms with Crippen LogP contribution in [0, 0.1) is 0 Å². The Morgan fingerprint density at radius 3 is 1.59 bits per heavy atom. The van der Waals surface area contributed by atoms with Gasteiger partial charge in [0.1, 0.15) is 11.2 Å². The maximum atomic E-state index is 9.74. The molecule has 0 saturated carbocycles. The average molecular weight is 642 g/mol. The number of benzene rings is 9. The van der Waals surface area contributed by atoms with Crippen LogP contribution in [0.2, 0.25) is 0 Å². The molecule has 10 aromatic rings. The van der Waals surface area contributed by atoms with E-state index in [4.69, 9.17) is 26.3 Å². The molecule has 0 aliphatic carbocycles. The van der Waals surface area contributed by atoms with E-state index in [1.54, 1.807) is 66.7 Å². The largest absolute Gasteiger partial charge is 0.455 e. The van der Waals surface area contributed by atoms with Gasteiger partial charge in [0.25, 0.3) is 0 Å². The van der Waals surface area contributed by atoms with Gasteiger partial charge in [0, 0.05) is 16.2 Å². The van der Waals surface area contributed by atoms with Crippen LogP contribution in [-0.2, 0) is 0 Å². The van der Waals surface area contributed by atoms with Crippen molar-refractivity contribution in [2.24, 2.45) is 0 Å². The predicted octanol–water partition coefficient (Wildman–Crippen LogP) is 13.7. The average Bonchev–Trinajstić information content (AvgIpc) is 3.72. The first kappa shape index (κ1) is 14.8. The standard InChI is InChI=1S/C48H30O/c1-3-14-31(15-4-1)33-18-13-19-34(28-33)46-37-21-8-10-23-39(37)47(40-24-11-9-22-38(40)46)35-26-27-45-43(29-35)44-30-42(32-16-5-2-6-17-32)36-20-7-12-25-41(36)48(44)49-45/h1-30H/i1D,2D,3D,4D,5D,6D,7D,12D,13D,14D,15D,16D,17D,18D,19D,20D,25D,28D,30D. The first-order chi connectivity index (χ1) is 32.2. The summed E-state index contributed by atoms with van der Waals surface area (Å²) in [5, 5.41) is 2.03. The van der Waals surface area contributed by atoms with Crippen LogP contribution in [0.4, 0.5) is 0 Å².